The molecule has 2 heterocycles. The molecular weight excluding hydrogens is 839 g/mol. The highest BCUT2D eigenvalue weighted by Gasteiger charge is 2.28. The lowest BCUT2D eigenvalue weighted by atomic mass is 9.74. The Morgan fingerprint density at radius 2 is 0.928 bits per heavy atom. The van der Waals surface area contributed by atoms with Crippen molar-refractivity contribution in [3.05, 3.63) is 242 Å². The minimum Gasteiger partial charge on any atom is -0.252 e. The number of hydrogen-bond donors (Lipinski definition) is 0. The van der Waals surface area contributed by atoms with E-state index in [2.05, 4.69) is 207 Å². The van der Waals surface area contributed by atoms with E-state index in [0.717, 1.165) is 72.9 Å². The van der Waals surface area contributed by atoms with Gasteiger partial charge in [-0.2, -0.15) is 0 Å². The van der Waals surface area contributed by atoms with Crippen molar-refractivity contribution in [2.45, 2.75) is 18.8 Å². The van der Waals surface area contributed by atoms with Gasteiger partial charge in [-0.15, -0.1) is 0 Å². The van der Waals surface area contributed by atoms with E-state index in [1.54, 1.807) is 0 Å². The van der Waals surface area contributed by atoms with Gasteiger partial charge in [0.2, 0.25) is 0 Å². The molecule has 13 rings (SSSR count). The summed E-state index contributed by atoms with van der Waals surface area (Å²) >= 11 is 0. The molecule has 69 heavy (non-hydrogen) atoms. The molecule has 0 spiro atoms. The number of nitrogens with zero attached hydrogens (tertiary/aromatic N) is 5. The molecule has 0 aliphatic heterocycles. The molecule has 0 N–H and O–H groups in total. The molecule has 5 heteroatoms. The Balaban J connectivity index is 0.963. The third-order valence-electron chi connectivity index (χ3n) is 13.9. The van der Waals surface area contributed by atoms with Crippen LogP contribution in [0, 0.1) is 0 Å². The van der Waals surface area contributed by atoms with Crippen molar-refractivity contribution in [1.29, 1.82) is 0 Å². The average Bonchev–Trinajstić information content (AvgIpc) is 3.42. The molecule has 0 radical (unpaired) electrons. The molecular formula is C64H43N5. The quantitative estimate of drug-likeness (QED) is 0.149. The fraction of sp³-hybridized carbons (Fsp3) is 0.0469. The summed E-state index contributed by atoms with van der Waals surface area (Å²) in [5, 5.41) is 9.60. The SMILES string of the molecule is CC1(c2cc(-c3ccc(-c4cc5ccccc5c5ccccc45)cc3)cc(-c3nc(-c4ccc5ccccc5c4)nc(-c4ccc5ccccc5c4)n3)c2)C=CC(c2cnc3ccccc3n2)=CC1. The predicted octanol–water partition coefficient (Wildman–Crippen LogP) is 16.1. The highest BCUT2D eigenvalue weighted by molar-refractivity contribution is 6.13. The number of allylic oxidation sites excluding steroid dienone is 4. The Bertz CT molecular complexity index is 3980. The normalized spacial score (nSPS) is 14.8. The lowest BCUT2D eigenvalue weighted by Gasteiger charge is -2.30. The zero-order valence-electron chi connectivity index (χ0n) is 37.9. The second kappa shape index (κ2) is 16.4. The van der Waals surface area contributed by atoms with E-state index in [4.69, 9.17) is 24.9 Å². The van der Waals surface area contributed by atoms with Crippen molar-refractivity contribution >= 4 is 59.7 Å². The van der Waals surface area contributed by atoms with E-state index >= 15 is 0 Å². The van der Waals surface area contributed by atoms with Crippen molar-refractivity contribution in [3.8, 4) is 56.4 Å². The Hall–Kier alpha value is -8.93. The smallest absolute Gasteiger partial charge is 0.164 e. The summed E-state index contributed by atoms with van der Waals surface area (Å²) in [5.41, 5.74) is 11.9. The van der Waals surface area contributed by atoms with Gasteiger partial charge in [0, 0.05) is 22.1 Å². The van der Waals surface area contributed by atoms with Crippen molar-refractivity contribution < 1.29 is 0 Å². The standard InChI is InChI=1S/C64H43N5/c1-64(32-30-45(31-33-64)60-40-65-58-20-10-11-21-59(58)66-60)53-37-51(43-22-26-44(27-23-43)57-39-48-16-6-7-17-54(48)55-18-8-9-19-56(55)57)36-52(38-53)63-68-61(49-28-24-41-12-2-4-14-46(41)34-49)67-62(69-63)50-29-25-42-13-3-5-15-47(42)35-50/h2-32,34-40H,33H2,1H3. The van der Waals surface area contributed by atoms with Crippen LogP contribution in [0.4, 0.5) is 0 Å². The largest absolute Gasteiger partial charge is 0.252 e. The molecule has 0 saturated heterocycles. The van der Waals surface area contributed by atoms with Gasteiger partial charge in [-0.1, -0.05) is 189 Å². The van der Waals surface area contributed by atoms with Gasteiger partial charge in [-0.3, -0.25) is 4.98 Å². The van der Waals surface area contributed by atoms with Crippen LogP contribution in [0.15, 0.2) is 231 Å². The van der Waals surface area contributed by atoms with Crippen LogP contribution in [0.25, 0.3) is 116 Å². The van der Waals surface area contributed by atoms with Crippen LogP contribution in [0.3, 0.4) is 0 Å². The molecule has 1 aliphatic carbocycles. The molecule has 1 aliphatic rings. The van der Waals surface area contributed by atoms with Gasteiger partial charge in [0.15, 0.2) is 17.5 Å². The molecule has 1 atom stereocenters. The van der Waals surface area contributed by atoms with Gasteiger partial charge in [0.1, 0.15) is 0 Å². The fourth-order valence-electron chi connectivity index (χ4n) is 10.0. The maximum Gasteiger partial charge on any atom is 0.164 e. The van der Waals surface area contributed by atoms with Crippen LogP contribution >= 0.6 is 0 Å². The summed E-state index contributed by atoms with van der Waals surface area (Å²) in [5.74, 6) is 1.87. The maximum atomic E-state index is 5.33. The van der Waals surface area contributed by atoms with Crippen molar-refractivity contribution in [2.24, 2.45) is 0 Å². The Kier molecular flexibility index (Phi) is 9.62. The first-order chi connectivity index (χ1) is 34.0. The number of aromatic nitrogens is 5. The zero-order valence-corrected chi connectivity index (χ0v) is 37.9. The first kappa shape index (κ1) is 40.4. The molecule has 2 aromatic heterocycles. The van der Waals surface area contributed by atoms with E-state index in [1.807, 2.05) is 30.5 Å². The maximum absolute atomic E-state index is 5.33. The van der Waals surface area contributed by atoms with Gasteiger partial charge in [0.25, 0.3) is 0 Å². The second-order valence-corrected chi connectivity index (χ2v) is 18.4. The third-order valence-corrected chi connectivity index (χ3v) is 13.9. The van der Waals surface area contributed by atoms with E-state index in [9.17, 15) is 0 Å². The number of benzene rings is 10. The third kappa shape index (κ3) is 7.42. The lowest BCUT2D eigenvalue weighted by molar-refractivity contribution is 0.601. The first-order valence-electron chi connectivity index (χ1n) is 23.5. The van der Waals surface area contributed by atoms with Gasteiger partial charge in [-0.25, -0.2) is 19.9 Å². The highest BCUT2D eigenvalue weighted by Crippen LogP contribution is 2.41. The summed E-state index contributed by atoms with van der Waals surface area (Å²) in [6.07, 6.45) is 9.48. The van der Waals surface area contributed by atoms with Crippen LogP contribution in [0.5, 0.6) is 0 Å². The summed E-state index contributed by atoms with van der Waals surface area (Å²) in [4.78, 5) is 25.6. The van der Waals surface area contributed by atoms with E-state index in [0.29, 0.717) is 17.5 Å². The number of rotatable bonds is 7. The van der Waals surface area contributed by atoms with Gasteiger partial charge in [0.05, 0.1) is 22.9 Å². The molecule has 0 amide bonds. The molecule has 5 nitrogen and oxygen atoms in total. The van der Waals surface area contributed by atoms with Gasteiger partial charge < -0.3 is 0 Å². The summed E-state index contributed by atoms with van der Waals surface area (Å²) in [6.45, 7) is 2.31. The van der Waals surface area contributed by atoms with Crippen molar-refractivity contribution in [3.63, 3.8) is 0 Å². The number of para-hydroxylation sites is 2. The average molecular weight is 882 g/mol. The summed E-state index contributed by atoms with van der Waals surface area (Å²) < 4.78 is 0. The lowest BCUT2D eigenvalue weighted by Crippen LogP contribution is -2.20. The van der Waals surface area contributed by atoms with E-state index in [1.165, 1.54) is 43.4 Å². The molecule has 12 aromatic rings. The van der Waals surface area contributed by atoms with Crippen molar-refractivity contribution in [2.75, 3.05) is 0 Å². The fourth-order valence-corrected chi connectivity index (χ4v) is 10.0. The van der Waals surface area contributed by atoms with Crippen molar-refractivity contribution in [1.82, 2.24) is 24.9 Å². The minimum absolute atomic E-state index is 0.349. The Morgan fingerprint density at radius 1 is 0.391 bits per heavy atom. The molecule has 0 fully saturated rings. The Labute approximate surface area is 399 Å². The van der Waals surface area contributed by atoms with E-state index in [-0.39, 0.29) is 5.41 Å². The van der Waals surface area contributed by atoms with Crippen LogP contribution in [-0.4, -0.2) is 24.9 Å². The Morgan fingerprint density at radius 3 is 1.59 bits per heavy atom. The number of fused-ring (bicyclic) bond motifs is 6. The molecule has 10 aromatic carbocycles. The summed E-state index contributed by atoms with van der Waals surface area (Å²) in [7, 11) is 0. The molecule has 0 saturated carbocycles. The second-order valence-electron chi connectivity index (χ2n) is 18.4. The topological polar surface area (TPSA) is 64.5 Å². The highest BCUT2D eigenvalue weighted by atomic mass is 15.0. The predicted molar refractivity (Wildman–Crippen MR) is 286 cm³/mol. The van der Waals surface area contributed by atoms with Gasteiger partial charge in [-0.05, 0) is 125 Å². The van der Waals surface area contributed by atoms with Crippen LogP contribution in [-0.2, 0) is 5.41 Å². The van der Waals surface area contributed by atoms with Gasteiger partial charge >= 0.3 is 0 Å². The van der Waals surface area contributed by atoms with Crippen LogP contribution in [0.1, 0.15) is 24.6 Å². The number of hydrogen-bond acceptors (Lipinski definition) is 5. The van der Waals surface area contributed by atoms with Crippen LogP contribution < -0.4 is 0 Å². The molecule has 0 bridgehead atoms. The minimum atomic E-state index is -0.349. The van der Waals surface area contributed by atoms with Crippen LogP contribution in [0.2, 0.25) is 0 Å². The molecule has 324 valence electrons. The zero-order chi connectivity index (χ0) is 45.9. The first-order valence-corrected chi connectivity index (χ1v) is 23.5. The van der Waals surface area contributed by atoms with E-state index < -0.39 is 0 Å². The monoisotopic (exact) mass is 881 g/mol. The molecule has 1 unspecified atom stereocenters. The summed E-state index contributed by atoms with van der Waals surface area (Å²) in [6, 6.07) is 73.4.